The summed E-state index contributed by atoms with van der Waals surface area (Å²) >= 11 is 0. The van der Waals surface area contributed by atoms with Crippen molar-refractivity contribution in [2.75, 3.05) is 39.4 Å². The largest absolute Gasteiger partial charge is 0.330 e. The lowest BCUT2D eigenvalue weighted by atomic mass is 10.4. The first-order valence-electron chi connectivity index (χ1n) is 5.01. The van der Waals surface area contributed by atoms with Crippen molar-refractivity contribution >= 4 is 0 Å². The Labute approximate surface area is 85.2 Å². The Kier molecular flexibility index (Phi) is 12.5. The van der Waals surface area contributed by atoms with Crippen molar-refractivity contribution in [1.82, 2.24) is 11.0 Å². The van der Waals surface area contributed by atoms with Crippen LogP contribution in [0, 0.1) is 0 Å². The van der Waals surface area contributed by atoms with Gasteiger partial charge >= 0.3 is 0 Å². The van der Waals surface area contributed by atoms with Crippen LogP contribution in [0.2, 0.25) is 0 Å². The fraction of sp³-hybridized carbons (Fsp3) is 1.00. The normalized spacial score (nSPS) is 10.7. The van der Waals surface area contributed by atoms with Gasteiger partial charge in [-0.2, -0.15) is 0 Å². The zero-order valence-electron chi connectivity index (χ0n) is 8.63. The van der Waals surface area contributed by atoms with E-state index in [1.165, 1.54) is 0 Å². The molecule has 0 atom stereocenters. The van der Waals surface area contributed by atoms with Crippen LogP contribution in [0.15, 0.2) is 0 Å². The van der Waals surface area contributed by atoms with Gasteiger partial charge in [-0.05, 0) is 25.9 Å². The van der Waals surface area contributed by atoms with Gasteiger partial charge in [0, 0.05) is 13.1 Å². The van der Waals surface area contributed by atoms with Crippen LogP contribution in [-0.4, -0.2) is 39.4 Å². The monoisotopic (exact) mass is 206 g/mol. The molecule has 0 fully saturated rings. The van der Waals surface area contributed by atoms with Crippen molar-refractivity contribution in [3.8, 4) is 0 Å². The predicted molar refractivity (Wildman–Crippen MR) is 55.3 cm³/mol. The number of hydrogen-bond donors (Lipinski definition) is 4. The fourth-order valence-corrected chi connectivity index (χ4v) is 0.720. The van der Waals surface area contributed by atoms with Gasteiger partial charge in [0.25, 0.3) is 0 Å². The first-order valence-corrected chi connectivity index (χ1v) is 5.01. The average molecular weight is 206 g/mol. The van der Waals surface area contributed by atoms with Crippen molar-refractivity contribution in [3.05, 3.63) is 0 Å². The van der Waals surface area contributed by atoms with E-state index in [9.17, 15) is 0 Å². The molecule has 86 valence electrons. The van der Waals surface area contributed by atoms with Crippen LogP contribution >= 0.6 is 0 Å². The van der Waals surface area contributed by atoms with E-state index in [4.69, 9.17) is 21.1 Å². The second kappa shape index (κ2) is 12.8. The Morgan fingerprint density at radius 2 is 1.21 bits per heavy atom. The number of hydrogen-bond acceptors (Lipinski definition) is 6. The van der Waals surface area contributed by atoms with E-state index in [1.807, 2.05) is 0 Å². The summed E-state index contributed by atoms with van der Waals surface area (Å²) in [5, 5.41) is 0. The molecule has 0 spiro atoms. The van der Waals surface area contributed by atoms with Crippen molar-refractivity contribution < 1.29 is 9.68 Å². The molecule has 0 saturated heterocycles. The summed E-state index contributed by atoms with van der Waals surface area (Å²) < 4.78 is 0. The van der Waals surface area contributed by atoms with Gasteiger partial charge < -0.3 is 11.5 Å². The van der Waals surface area contributed by atoms with Gasteiger partial charge in [0.15, 0.2) is 0 Å². The summed E-state index contributed by atoms with van der Waals surface area (Å²) in [6, 6.07) is 0. The van der Waals surface area contributed by atoms with Crippen LogP contribution in [0.4, 0.5) is 0 Å². The van der Waals surface area contributed by atoms with E-state index in [2.05, 4.69) is 11.0 Å². The van der Waals surface area contributed by atoms with Crippen molar-refractivity contribution in [3.63, 3.8) is 0 Å². The summed E-state index contributed by atoms with van der Waals surface area (Å²) in [6.07, 6.45) is 1.82. The maximum Gasteiger partial charge on any atom is 0.0936 e. The van der Waals surface area contributed by atoms with Crippen molar-refractivity contribution in [1.29, 1.82) is 0 Å². The minimum atomic E-state index is 0.514. The highest BCUT2D eigenvalue weighted by Gasteiger charge is 1.89. The predicted octanol–water partition coefficient (Wildman–Crippen LogP) is -1.27. The molecule has 0 aromatic heterocycles. The second-order valence-corrected chi connectivity index (χ2v) is 2.77. The van der Waals surface area contributed by atoms with Gasteiger partial charge in [-0.1, -0.05) is 0 Å². The minimum absolute atomic E-state index is 0.514. The Hall–Kier alpha value is -0.240. The number of rotatable bonds is 11. The van der Waals surface area contributed by atoms with Crippen molar-refractivity contribution in [2.24, 2.45) is 11.5 Å². The summed E-state index contributed by atoms with van der Waals surface area (Å²) in [6.45, 7) is 3.93. The third-order valence-electron chi connectivity index (χ3n) is 1.46. The van der Waals surface area contributed by atoms with Crippen molar-refractivity contribution in [2.45, 2.75) is 12.8 Å². The lowest BCUT2D eigenvalue weighted by Gasteiger charge is -2.06. The topological polar surface area (TPSA) is 94.6 Å². The Morgan fingerprint density at radius 1 is 0.786 bits per heavy atom. The third-order valence-corrected chi connectivity index (χ3v) is 1.46. The Bertz CT molecular complexity index is 93.3. The van der Waals surface area contributed by atoms with Gasteiger partial charge in [0.2, 0.25) is 0 Å². The molecule has 6 nitrogen and oxygen atoms in total. The highest BCUT2D eigenvalue weighted by molar-refractivity contribution is 4.38. The molecule has 0 heterocycles. The standard InChI is InChI=1S/C8H22N4O2/c9-3-1-5-11-13-7-8-14-12-6-2-4-10/h11-12H,1-10H2. The number of nitrogens with two attached hydrogens (primary N) is 2. The van der Waals surface area contributed by atoms with E-state index in [-0.39, 0.29) is 0 Å². The molecule has 0 bridgehead atoms. The van der Waals surface area contributed by atoms with Gasteiger partial charge in [0.1, 0.15) is 0 Å². The van der Waals surface area contributed by atoms with E-state index in [0.29, 0.717) is 26.3 Å². The lowest BCUT2D eigenvalue weighted by Crippen LogP contribution is -2.24. The summed E-state index contributed by atoms with van der Waals surface area (Å²) in [5.74, 6) is 0. The molecule has 0 aliphatic carbocycles. The molecule has 0 unspecified atom stereocenters. The molecule has 6 N–H and O–H groups in total. The van der Waals surface area contributed by atoms with Gasteiger partial charge in [-0.15, -0.1) is 0 Å². The van der Waals surface area contributed by atoms with Gasteiger partial charge in [-0.3, -0.25) is 9.68 Å². The van der Waals surface area contributed by atoms with Crippen LogP contribution < -0.4 is 22.4 Å². The smallest absolute Gasteiger partial charge is 0.0936 e. The zero-order chi connectivity index (χ0) is 10.5. The maximum absolute atomic E-state index is 5.30. The van der Waals surface area contributed by atoms with Crippen LogP contribution in [0.5, 0.6) is 0 Å². The molecule has 0 radical (unpaired) electrons. The second-order valence-electron chi connectivity index (χ2n) is 2.77. The highest BCUT2D eigenvalue weighted by atomic mass is 16.7. The first-order chi connectivity index (χ1) is 6.91. The summed E-state index contributed by atoms with van der Waals surface area (Å²) in [7, 11) is 0. The van der Waals surface area contributed by atoms with Crippen LogP contribution in [-0.2, 0) is 9.68 Å². The molecule has 0 amide bonds. The zero-order valence-corrected chi connectivity index (χ0v) is 8.63. The van der Waals surface area contributed by atoms with E-state index >= 15 is 0 Å². The molecule has 0 saturated carbocycles. The Morgan fingerprint density at radius 3 is 1.57 bits per heavy atom. The quantitative estimate of drug-likeness (QED) is 0.249. The lowest BCUT2D eigenvalue weighted by molar-refractivity contribution is -0.0357. The van der Waals surface area contributed by atoms with E-state index in [0.717, 1.165) is 25.9 Å². The average Bonchev–Trinajstić information content (AvgIpc) is 2.21. The van der Waals surface area contributed by atoms with Crippen LogP contribution in [0.25, 0.3) is 0 Å². The molecule has 0 aromatic rings. The van der Waals surface area contributed by atoms with Crippen LogP contribution in [0.1, 0.15) is 12.8 Å². The molecule has 0 aliphatic rings. The molecule has 0 aromatic carbocycles. The summed E-state index contributed by atoms with van der Waals surface area (Å²) in [4.78, 5) is 10.1. The van der Waals surface area contributed by atoms with E-state index in [1.54, 1.807) is 0 Å². The fourth-order valence-electron chi connectivity index (χ4n) is 0.720. The molecule has 6 heteroatoms. The molecule has 0 aliphatic heterocycles. The first kappa shape index (κ1) is 13.8. The summed E-state index contributed by atoms with van der Waals surface area (Å²) in [5.41, 5.74) is 16.2. The van der Waals surface area contributed by atoms with Crippen LogP contribution in [0.3, 0.4) is 0 Å². The molecular formula is C8H22N4O2. The van der Waals surface area contributed by atoms with Gasteiger partial charge in [-0.25, -0.2) is 11.0 Å². The molecular weight excluding hydrogens is 184 g/mol. The minimum Gasteiger partial charge on any atom is -0.330 e. The number of hydroxylamine groups is 2. The molecule has 0 rings (SSSR count). The SMILES string of the molecule is NCCCNOCCONCCCN. The highest BCUT2D eigenvalue weighted by Crippen LogP contribution is 1.75. The third kappa shape index (κ3) is 11.8. The molecule has 14 heavy (non-hydrogen) atoms. The Balaban J connectivity index is 2.78. The maximum atomic E-state index is 5.30. The van der Waals surface area contributed by atoms with E-state index < -0.39 is 0 Å². The number of nitrogens with one attached hydrogen (secondary N) is 2. The van der Waals surface area contributed by atoms with Gasteiger partial charge in [0.05, 0.1) is 13.2 Å².